The molecule has 3 aromatic rings. The molecule has 2 aliphatic heterocycles. The van der Waals surface area contributed by atoms with E-state index in [1.807, 2.05) is 18.2 Å². The van der Waals surface area contributed by atoms with Crippen molar-refractivity contribution in [2.45, 2.75) is 18.7 Å². The van der Waals surface area contributed by atoms with E-state index in [0.717, 1.165) is 11.1 Å². The first-order valence-corrected chi connectivity index (χ1v) is 10.7. The van der Waals surface area contributed by atoms with E-state index in [0.29, 0.717) is 35.8 Å². The highest BCUT2D eigenvalue weighted by Gasteiger charge is 2.50. The van der Waals surface area contributed by atoms with E-state index < -0.39 is 17.5 Å². The van der Waals surface area contributed by atoms with Gasteiger partial charge in [0, 0.05) is 24.5 Å². The van der Waals surface area contributed by atoms with E-state index in [9.17, 15) is 14.4 Å². The second-order valence-electron chi connectivity index (χ2n) is 8.17. The summed E-state index contributed by atoms with van der Waals surface area (Å²) in [5, 5.41) is 5.05. The third-order valence-electron chi connectivity index (χ3n) is 6.07. The first kappa shape index (κ1) is 21.4. The van der Waals surface area contributed by atoms with Gasteiger partial charge < -0.3 is 19.7 Å². The van der Waals surface area contributed by atoms with E-state index in [4.69, 9.17) is 9.47 Å². The van der Waals surface area contributed by atoms with Gasteiger partial charge in [0.15, 0.2) is 5.54 Å². The van der Waals surface area contributed by atoms with Crippen LogP contribution in [0.3, 0.4) is 0 Å². The molecule has 2 N–H and O–H groups in total. The summed E-state index contributed by atoms with van der Waals surface area (Å²) in [4.78, 5) is 43.7. The predicted octanol–water partition coefficient (Wildman–Crippen LogP) is 2.36. The molecule has 0 bridgehead atoms. The van der Waals surface area contributed by atoms with Crippen molar-refractivity contribution in [3.8, 4) is 11.5 Å². The first-order chi connectivity index (χ1) is 16.5. The van der Waals surface area contributed by atoms with Gasteiger partial charge in [-0.1, -0.05) is 18.2 Å². The number of aromatic nitrogens is 1. The van der Waals surface area contributed by atoms with E-state index in [1.54, 1.807) is 53.7 Å². The highest BCUT2D eigenvalue weighted by molar-refractivity contribution is 6.08. The maximum absolute atomic E-state index is 13.1. The van der Waals surface area contributed by atoms with Gasteiger partial charge >= 0.3 is 6.03 Å². The molecule has 0 unspecified atom stereocenters. The molecule has 1 aromatic heterocycles. The average Bonchev–Trinajstić information content (AvgIpc) is 3.33. The third kappa shape index (κ3) is 3.81. The summed E-state index contributed by atoms with van der Waals surface area (Å²) in [5.74, 6) is 0.457. The van der Waals surface area contributed by atoms with Crippen LogP contribution in [0.15, 0.2) is 67.0 Å². The third-order valence-corrected chi connectivity index (χ3v) is 6.07. The van der Waals surface area contributed by atoms with Crippen molar-refractivity contribution < 1.29 is 23.9 Å². The van der Waals surface area contributed by atoms with Crippen LogP contribution in [-0.4, -0.2) is 41.4 Å². The molecule has 3 heterocycles. The Morgan fingerprint density at radius 1 is 1.00 bits per heavy atom. The van der Waals surface area contributed by atoms with Crippen LogP contribution in [-0.2, 0) is 23.5 Å². The Kier molecular flexibility index (Phi) is 5.37. The maximum Gasteiger partial charge on any atom is 0.322 e. The Morgan fingerprint density at radius 3 is 2.41 bits per heavy atom. The number of nitrogens with zero attached hydrogens (tertiary/aromatic N) is 2. The predicted molar refractivity (Wildman–Crippen MR) is 121 cm³/mol. The van der Waals surface area contributed by atoms with Crippen LogP contribution in [0.5, 0.6) is 11.5 Å². The Morgan fingerprint density at radius 2 is 1.74 bits per heavy atom. The lowest BCUT2D eigenvalue weighted by molar-refractivity contribution is -0.124. The van der Waals surface area contributed by atoms with Gasteiger partial charge in [-0.15, -0.1) is 0 Å². The Balaban J connectivity index is 1.38. The summed E-state index contributed by atoms with van der Waals surface area (Å²) in [6.45, 7) is 0.683. The second kappa shape index (κ2) is 8.51. The van der Waals surface area contributed by atoms with Gasteiger partial charge in [-0.2, -0.15) is 0 Å². The maximum atomic E-state index is 13.1. The number of methoxy groups -OCH3 is 1. The van der Waals surface area contributed by atoms with Gasteiger partial charge in [0.1, 0.15) is 18.1 Å². The van der Waals surface area contributed by atoms with Crippen molar-refractivity contribution >= 4 is 17.8 Å². The smallest absolute Gasteiger partial charge is 0.322 e. The van der Waals surface area contributed by atoms with Crippen LogP contribution in [0.2, 0.25) is 0 Å². The number of rotatable bonds is 7. The summed E-state index contributed by atoms with van der Waals surface area (Å²) < 4.78 is 11.0. The van der Waals surface area contributed by atoms with Crippen LogP contribution < -0.4 is 20.1 Å². The fraction of sp³-hybridized carbons (Fsp3) is 0.200. The van der Waals surface area contributed by atoms with Crippen LogP contribution in [0.1, 0.15) is 27.0 Å². The lowest BCUT2D eigenvalue weighted by Crippen LogP contribution is -2.52. The SMILES string of the molecule is COc1ccc2c(c1)C(=O)N(C[C@@]1(c3ccc(OCc4ccncc4)cc3)NC(=O)NC1=O)C2. The first-order valence-electron chi connectivity index (χ1n) is 10.7. The Labute approximate surface area is 195 Å². The monoisotopic (exact) mass is 458 g/mol. The van der Waals surface area contributed by atoms with Crippen molar-refractivity contribution in [1.29, 1.82) is 0 Å². The highest BCUT2D eigenvalue weighted by Crippen LogP contribution is 2.33. The van der Waals surface area contributed by atoms with Crippen molar-refractivity contribution in [2.24, 2.45) is 0 Å². The summed E-state index contributed by atoms with van der Waals surface area (Å²) in [7, 11) is 1.54. The number of fused-ring (bicyclic) bond motifs is 1. The number of amides is 4. The minimum atomic E-state index is -1.41. The number of ether oxygens (including phenoxy) is 2. The zero-order valence-corrected chi connectivity index (χ0v) is 18.4. The standard InChI is InChI=1S/C25H22N4O5/c1-33-20-5-2-17-13-29(22(30)21(17)12-20)15-25(23(31)27-24(32)28-25)18-3-6-19(7-4-18)34-14-16-8-10-26-11-9-16/h2-12H,13-15H2,1H3,(H2,27,28,31,32)/t25-/m0/s1. The summed E-state index contributed by atoms with van der Waals surface area (Å²) in [6, 6.07) is 15.4. The highest BCUT2D eigenvalue weighted by atomic mass is 16.5. The lowest BCUT2D eigenvalue weighted by Gasteiger charge is -2.31. The molecule has 9 heteroatoms. The van der Waals surface area contributed by atoms with Crippen molar-refractivity contribution in [1.82, 2.24) is 20.5 Å². The van der Waals surface area contributed by atoms with Crippen LogP contribution in [0.4, 0.5) is 4.79 Å². The van der Waals surface area contributed by atoms with Gasteiger partial charge in [-0.3, -0.25) is 19.9 Å². The van der Waals surface area contributed by atoms with Crippen LogP contribution in [0.25, 0.3) is 0 Å². The normalized spacial score (nSPS) is 19.0. The molecule has 172 valence electrons. The van der Waals surface area contributed by atoms with E-state index in [1.165, 1.54) is 7.11 Å². The molecule has 2 aliphatic rings. The Hall–Kier alpha value is -4.40. The van der Waals surface area contributed by atoms with Crippen molar-refractivity contribution in [2.75, 3.05) is 13.7 Å². The van der Waals surface area contributed by atoms with Crippen molar-refractivity contribution in [3.05, 3.63) is 89.2 Å². The summed E-state index contributed by atoms with van der Waals surface area (Å²) >= 11 is 0. The van der Waals surface area contributed by atoms with Gasteiger partial charge in [0.25, 0.3) is 11.8 Å². The number of nitrogens with one attached hydrogen (secondary N) is 2. The number of benzene rings is 2. The van der Waals surface area contributed by atoms with Crippen LogP contribution >= 0.6 is 0 Å². The number of carbonyl (C=O) groups excluding carboxylic acids is 3. The number of urea groups is 1. The molecule has 0 saturated carbocycles. The molecule has 1 fully saturated rings. The topological polar surface area (TPSA) is 110 Å². The second-order valence-corrected chi connectivity index (χ2v) is 8.17. The zero-order valence-electron chi connectivity index (χ0n) is 18.4. The van der Waals surface area contributed by atoms with E-state index in [2.05, 4.69) is 15.6 Å². The zero-order chi connectivity index (χ0) is 23.7. The number of imide groups is 1. The number of hydrogen-bond donors (Lipinski definition) is 2. The molecule has 5 rings (SSSR count). The average molecular weight is 458 g/mol. The molecule has 34 heavy (non-hydrogen) atoms. The fourth-order valence-corrected chi connectivity index (χ4v) is 4.26. The summed E-state index contributed by atoms with van der Waals surface area (Å²) in [6.07, 6.45) is 3.39. The van der Waals surface area contributed by atoms with E-state index >= 15 is 0 Å². The Bertz CT molecular complexity index is 1260. The molecule has 2 aromatic carbocycles. The molecule has 1 saturated heterocycles. The largest absolute Gasteiger partial charge is 0.497 e. The molecular formula is C25H22N4O5. The number of hydrogen-bond acceptors (Lipinski definition) is 6. The quantitative estimate of drug-likeness (QED) is 0.526. The molecular weight excluding hydrogens is 436 g/mol. The number of carbonyl (C=O) groups is 3. The molecule has 9 nitrogen and oxygen atoms in total. The minimum Gasteiger partial charge on any atom is -0.497 e. The molecule has 0 aliphatic carbocycles. The molecule has 4 amide bonds. The van der Waals surface area contributed by atoms with Gasteiger partial charge in [-0.25, -0.2) is 4.79 Å². The number of pyridine rings is 1. The fourth-order valence-electron chi connectivity index (χ4n) is 4.26. The van der Waals surface area contributed by atoms with Crippen molar-refractivity contribution in [3.63, 3.8) is 0 Å². The van der Waals surface area contributed by atoms with Gasteiger partial charge in [0.2, 0.25) is 0 Å². The molecule has 0 spiro atoms. The minimum absolute atomic E-state index is 0.0162. The molecule has 1 atom stereocenters. The van der Waals surface area contributed by atoms with Gasteiger partial charge in [-0.05, 0) is 53.1 Å². The molecule has 0 radical (unpaired) electrons. The van der Waals surface area contributed by atoms with Gasteiger partial charge in [0.05, 0.1) is 13.7 Å². The lowest BCUT2D eigenvalue weighted by atomic mass is 9.89. The van der Waals surface area contributed by atoms with Crippen LogP contribution in [0, 0.1) is 0 Å². The van der Waals surface area contributed by atoms with E-state index in [-0.39, 0.29) is 12.5 Å². The summed E-state index contributed by atoms with van der Waals surface area (Å²) in [5.41, 5.74) is 1.47.